The smallest absolute Gasteiger partial charge is 0.0795 e. The summed E-state index contributed by atoms with van der Waals surface area (Å²) in [5, 5.41) is 14.6. The van der Waals surface area contributed by atoms with Crippen LogP contribution >= 0.6 is 11.3 Å². The zero-order valence-electron chi connectivity index (χ0n) is 10.0. The molecule has 0 fully saturated rings. The van der Waals surface area contributed by atoms with Gasteiger partial charge in [0.2, 0.25) is 0 Å². The zero-order valence-corrected chi connectivity index (χ0v) is 10.8. The Hall–Kier alpha value is -0.490. The van der Waals surface area contributed by atoms with Gasteiger partial charge in [0.25, 0.3) is 0 Å². The molecule has 1 aromatic rings. The number of hydrogen-bond donors (Lipinski definition) is 2. The molecule has 0 aliphatic carbocycles. The van der Waals surface area contributed by atoms with E-state index in [4.69, 9.17) is 0 Å². The van der Waals surface area contributed by atoms with E-state index in [1.165, 1.54) is 0 Å². The van der Waals surface area contributed by atoms with Crippen LogP contribution in [0.2, 0.25) is 0 Å². The average molecular weight is 243 g/mol. The van der Waals surface area contributed by atoms with Crippen molar-refractivity contribution in [2.75, 3.05) is 32.8 Å². The van der Waals surface area contributed by atoms with Crippen LogP contribution in [-0.4, -0.2) is 47.8 Å². The van der Waals surface area contributed by atoms with Crippen molar-refractivity contribution in [2.45, 2.75) is 19.9 Å². The number of hydrogen-bond acceptors (Lipinski definition) is 5. The Balaban J connectivity index is 2.30. The first-order chi connectivity index (χ1) is 7.81. The third kappa shape index (κ3) is 4.17. The van der Waals surface area contributed by atoms with Crippen molar-refractivity contribution in [3.63, 3.8) is 0 Å². The Bertz CT molecular complexity index is 262. The third-order valence-corrected chi connectivity index (χ3v) is 3.31. The van der Waals surface area contributed by atoms with Gasteiger partial charge in [0, 0.05) is 18.5 Å². The van der Waals surface area contributed by atoms with Gasteiger partial charge in [0.1, 0.15) is 0 Å². The second-order valence-electron chi connectivity index (χ2n) is 3.63. The molecular weight excluding hydrogens is 222 g/mol. The summed E-state index contributed by atoms with van der Waals surface area (Å²) in [5.41, 5.74) is 2.73. The van der Waals surface area contributed by atoms with Crippen LogP contribution in [-0.2, 0) is 0 Å². The van der Waals surface area contributed by atoms with Gasteiger partial charge in [-0.15, -0.1) is 11.3 Å². The molecule has 1 unspecified atom stereocenters. The predicted molar refractivity (Wildman–Crippen MR) is 67.7 cm³/mol. The monoisotopic (exact) mass is 243 g/mol. The van der Waals surface area contributed by atoms with Crippen LogP contribution in [0.15, 0.2) is 10.9 Å². The van der Waals surface area contributed by atoms with Crippen molar-refractivity contribution in [3.05, 3.63) is 16.6 Å². The lowest BCUT2D eigenvalue weighted by molar-refractivity contribution is 0.231. The summed E-state index contributed by atoms with van der Waals surface area (Å²) in [6.45, 7) is 8.44. The Labute approximate surface area is 101 Å². The Morgan fingerprint density at radius 1 is 1.50 bits per heavy atom. The molecule has 1 atom stereocenters. The van der Waals surface area contributed by atoms with Crippen LogP contribution in [0.1, 0.15) is 25.6 Å². The number of aromatic nitrogens is 1. The first kappa shape index (κ1) is 13.6. The van der Waals surface area contributed by atoms with E-state index in [-0.39, 0.29) is 12.6 Å². The van der Waals surface area contributed by atoms with Gasteiger partial charge >= 0.3 is 0 Å². The third-order valence-electron chi connectivity index (χ3n) is 2.70. The summed E-state index contributed by atoms with van der Waals surface area (Å²) in [4.78, 5) is 6.56. The molecule has 0 aliphatic rings. The van der Waals surface area contributed by atoms with Crippen molar-refractivity contribution in [2.24, 2.45) is 0 Å². The summed E-state index contributed by atoms with van der Waals surface area (Å²) in [7, 11) is 0. The average Bonchev–Trinajstić information content (AvgIpc) is 2.83. The lowest BCUT2D eigenvalue weighted by atomic mass is 10.2. The maximum absolute atomic E-state index is 9.27. The molecule has 0 aliphatic heterocycles. The first-order valence-electron chi connectivity index (χ1n) is 5.76. The van der Waals surface area contributed by atoms with Gasteiger partial charge in [-0.2, -0.15) is 0 Å². The predicted octanol–water partition coefficient (Wildman–Crippen LogP) is 1.11. The minimum atomic E-state index is -0.0261. The van der Waals surface area contributed by atoms with Crippen molar-refractivity contribution in [3.8, 4) is 0 Å². The molecule has 0 bridgehead atoms. The quantitative estimate of drug-likeness (QED) is 0.718. The molecule has 0 aromatic carbocycles. The number of nitrogens with zero attached hydrogens (tertiary/aromatic N) is 2. The molecule has 1 heterocycles. The maximum atomic E-state index is 9.27. The van der Waals surface area contributed by atoms with Crippen LogP contribution in [0.4, 0.5) is 0 Å². The lowest BCUT2D eigenvalue weighted by Crippen LogP contribution is -2.34. The minimum Gasteiger partial charge on any atom is -0.394 e. The van der Waals surface area contributed by atoms with Gasteiger partial charge in [-0.3, -0.25) is 0 Å². The molecule has 2 N–H and O–H groups in total. The highest BCUT2D eigenvalue weighted by molar-refractivity contribution is 7.07. The fourth-order valence-electron chi connectivity index (χ4n) is 1.59. The second-order valence-corrected chi connectivity index (χ2v) is 4.35. The molecule has 0 radical (unpaired) electrons. The largest absolute Gasteiger partial charge is 0.394 e. The molecule has 92 valence electrons. The summed E-state index contributed by atoms with van der Waals surface area (Å²) in [5.74, 6) is 0. The maximum Gasteiger partial charge on any atom is 0.0795 e. The van der Waals surface area contributed by atoms with Crippen LogP contribution in [0, 0.1) is 0 Å². The number of rotatable bonds is 8. The van der Waals surface area contributed by atoms with Crippen LogP contribution in [0.5, 0.6) is 0 Å². The first-order valence-corrected chi connectivity index (χ1v) is 6.70. The topological polar surface area (TPSA) is 48.4 Å². The standard InChI is InChI=1S/C11H21N3OS/c1-3-14(4-2)6-5-12-10(7-15)11-8-16-9-13-11/h8-10,12,15H,3-7H2,1-2H3. The van der Waals surface area contributed by atoms with E-state index >= 15 is 0 Å². The number of nitrogens with one attached hydrogen (secondary N) is 1. The summed E-state index contributed by atoms with van der Waals surface area (Å²) in [6.07, 6.45) is 0. The van der Waals surface area contributed by atoms with Gasteiger partial charge in [-0.25, -0.2) is 4.98 Å². The van der Waals surface area contributed by atoms with E-state index in [1.54, 1.807) is 16.8 Å². The number of aliphatic hydroxyl groups is 1. The van der Waals surface area contributed by atoms with E-state index in [0.717, 1.165) is 31.9 Å². The van der Waals surface area contributed by atoms with Crippen molar-refractivity contribution >= 4 is 11.3 Å². The van der Waals surface area contributed by atoms with Crippen LogP contribution in [0.3, 0.4) is 0 Å². The summed E-state index contributed by atoms with van der Waals surface area (Å²) < 4.78 is 0. The Kier molecular flexibility index (Phi) is 6.56. The molecule has 1 aromatic heterocycles. The number of likely N-dealkylation sites (N-methyl/N-ethyl adjacent to an activating group) is 1. The molecule has 0 saturated heterocycles. The molecule has 0 amide bonds. The number of aliphatic hydroxyl groups excluding tert-OH is 1. The molecule has 0 spiro atoms. The molecule has 0 saturated carbocycles. The Morgan fingerprint density at radius 2 is 2.25 bits per heavy atom. The summed E-state index contributed by atoms with van der Waals surface area (Å²) in [6, 6.07) is -0.0261. The molecular formula is C11H21N3OS. The van der Waals surface area contributed by atoms with E-state index in [0.29, 0.717) is 0 Å². The highest BCUT2D eigenvalue weighted by Crippen LogP contribution is 2.11. The van der Waals surface area contributed by atoms with Crippen molar-refractivity contribution in [1.29, 1.82) is 0 Å². The van der Waals surface area contributed by atoms with Gasteiger partial charge < -0.3 is 15.3 Å². The minimum absolute atomic E-state index is 0.0261. The van der Waals surface area contributed by atoms with Gasteiger partial charge in [0.05, 0.1) is 23.9 Å². The van der Waals surface area contributed by atoms with Crippen molar-refractivity contribution in [1.82, 2.24) is 15.2 Å². The molecule has 5 heteroatoms. The van der Waals surface area contributed by atoms with Crippen LogP contribution in [0.25, 0.3) is 0 Å². The van der Waals surface area contributed by atoms with E-state index in [1.807, 2.05) is 5.38 Å². The van der Waals surface area contributed by atoms with E-state index in [9.17, 15) is 5.11 Å². The SMILES string of the molecule is CCN(CC)CCNC(CO)c1cscn1. The normalized spacial score (nSPS) is 13.2. The number of thiazole rings is 1. The van der Waals surface area contributed by atoms with Gasteiger partial charge in [0.15, 0.2) is 0 Å². The van der Waals surface area contributed by atoms with Gasteiger partial charge in [-0.05, 0) is 13.1 Å². The zero-order chi connectivity index (χ0) is 11.8. The highest BCUT2D eigenvalue weighted by Gasteiger charge is 2.11. The Morgan fingerprint density at radius 3 is 2.75 bits per heavy atom. The molecule has 1 rings (SSSR count). The highest BCUT2D eigenvalue weighted by atomic mass is 32.1. The second kappa shape index (κ2) is 7.73. The lowest BCUT2D eigenvalue weighted by Gasteiger charge is -2.20. The van der Waals surface area contributed by atoms with Gasteiger partial charge in [-0.1, -0.05) is 13.8 Å². The molecule has 4 nitrogen and oxygen atoms in total. The van der Waals surface area contributed by atoms with E-state index in [2.05, 4.69) is 29.0 Å². The fourth-order valence-corrected chi connectivity index (χ4v) is 2.20. The van der Waals surface area contributed by atoms with E-state index < -0.39 is 0 Å². The van der Waals surface area contributed by atoms with Crippen molar-refractivity contribution < 1.29 is 5.11 Å². The summed E-state index contributed by atoms with van der Waals surface area (Å²) >= 11 is 1.56. The van der Waals surface area contributed by atoms with Crippen LogP contribution < -0.4 is 5.32 Å². The fraction of sp³-hybridized carbons (Fsp3) is 0.727. The molecule has 16 heavy (non-hydrogen) atoms.